The van der Waals surface area contributed by atoms with E-state index in [1.54, 1.807) is 0 Å². The summed E-state index contributed by atoms with van der Waals surface area (Å²) in [6.07, 6.45) is 0. The predicted octanol–water partition coefficient (Wildman–Crippen LogP) is 6.05. The van der Waals surface area contributed by atoms with E-state index in [-0.39, 0.29) is 0 Å². The zero-order valence-corrected chi connectivity index (χ0v) is 16.3. The van der Waals surface area contributed by atoms with Crippen molar-refractivity contribution < 1.29 is 0 Å². The third-order valence-corrected chi connectivity index (χ3v) is 5.05. The van der Waals surface area contributed by atoms with Gasteiger partial charge in [-0.25, -0.2) is 15.0 Å². The van der Waals surface area contributed by atoms with Crippen molar-refractivity contribution in [1.82, 2.24) is 19.5 Å². The Morgan fingerprint density at radius 2 is 1.56 bits per heavy atom. The minimum atomic E-state index is 0.601. The summed E-state index contributed by atoms with van der Waals surface area (Å²) in [6, 6.07) is 23.5. The van der Waals surface area contributed by atoms with Crippen molar-refractivity contribution >= 4 is 49.9 Å². The first kappa shape index (κ1) is 16.4. The monoisotopic (exact) mass is 434 g/mol. The van der Waals surface area contributed by atoms with Crippen molar-refractivity contribution in [2.75, 3.05) is 0 Å². The van der Waals surface area contributed by atoms with Gasteiger partial charge in [0.2, 0.25) is 0 Å². The molecule has 0 atom stereocenters. The Bertz CT molecular complexity index is 1310. The molecule has 5 rings (SSSR count). The number of hydrogen-bond acceptors (Lipinski definition) is 3. The molecule has 4 nitrogen and oxygen atoms in total. The number of nitrogens with zero attached hydrogens (tertiary/aromatic N) is 4. The number of imidazole rings is 1. The van der Waals surface area contributed by atoms with E-state index in [1.165, 1.54) is 0 Å². The van der Waals surface area contributed by atoms with Crippen molar-refractivity contribution in [2.45, 2.75) is 0 Å². The maximum Gasteiger partial charge on any atom is 0.199 e. The zero-order chi connectivity index (χ0) is 18.4. The first-order valence-electron chi connectivity index (χ1n) is 8.36. The molecule has 2 aromatic heterocycles. The van der Waals surface area contributed by atoms with Crippen molar-refractivity contribution in [3.05, 3.63) is 82.3 Å². The van der Waals surface area contributed by atoms with Crippen LogP contribution in [0.5, 0.6) is 0 Å². The van der Waals surface area contributed by atoms with Gasteiger partial charge in [0, 0.05) is 15.1 Å². The van der Waals surface area contributed by atoms with Gasteiger partial charge >= 0.3 is 0 Å². The third kappa shape index (κ3) is 2.89. The summed E-state index contributed by atoms with van der Waals surface area (Å²) in [7, 11) is 0. The molecule has 2 heterocycles. The Labute approximate surface area is 168 Å². The largest absolute Gasteiger partial charge is 0.275 e. The van der Waals surface area contributed by atoms with Crippen LogP contribution in [0, 0.1) is 0 Å². The highest BCUT2D eigenvalue weighted by Gasteiger charge is 2.17. The van der Waals surface area contributed by atoms with Gasteiger partial charge in [-0.1, -0.05) is 57.9 Å². The lowest BCUT2D eigenvalue weighted by molar-refractivity contribution is 1.08. The fourth-order valence-corrected chi connectivity index (χ4v) is 3.72. The number of aromatic nitrogens is 4. The molecule has 0 N–H and O–H groups in total. The van der Waals surface area contributed by atoms with E-state index >= 15 is 0 Å². The molecule has 0 amide bonds. The predicted molar refractivity (Wildman–Crippen MR) is 112 cm³/mol. The van der Waals surface area contributed by atoms with Crippen LogP contribution in [0.2, 0.25) is 5.02 Å². The number of hydrogen-bond donors (Lipinski definition) is 0. The van der Waals surface area contributed by atoms with E-state index in [0.29, 0.717) is 16.3 Å². The van der Waals surface area contributed by atoms with Gasteiger partial charge in [0.15, 0.2) is 11.3 Å². The number of benzene rings is 3. The van der Waals surface area contributed by atoms with E-state index in [1.807, 2.05) is 77.4 Å². The Morgan fingerprint density at radius 1 is 0.778 bits per heavy atom. The fourth-order valence-electron chi connectivity index (χ4n) is 3.14. The normalized spacial score (nSPS) is 11.3. The lowest BCUT2D eigenvalue weighted by Gasteiger charge is -2.09. The first-order valence-corrected chi connectivity index (χ1v) is 9.53. The molecule has 0 aliphatic rings. The van der Waals surface area contributed by atoms with Gasteiger partial charge in [-0.2, -0.15) is 0 Å². The maximum atomic E-state index is 6.25. The first-order chi connectivity index (χ1) is 13.2. The molecule has 0 bridgehead atoms. The molecule has 3 aromatic carbocycles. The molecule has 0 saturated carbocycles. The molecule has 6 heteroatoms. The Balaban J connectivity index is 1.90. The second-order valence-electron chi connectivity index (χ2n) is 6.12. The van der Waals surface area contributed by atoms with Crippen LogP contribution in [0.15, 0.2) is 77.3 Å². The molecule has 0 saturated heterocycles. The SMILES string of the molecule is Clc1cccc(-n2c(-c3cccc(Br)c3)nc3nc4ccccc4nc32)c1. The average Bonchev–Trinajstić information content (AvgIpc) is 3.04. The summed E-state index contributed by atoms with van der Waals surface area (Å²) in [4.78, 5) is 14.4. The molecule has 5 aromatic rings. The van der Waals surface area contributed by atoms with E-state index in [2.05, 4.69) is 15.9 Å². The lowest BCUT2D eigenvalue weighted by Crippen LogP contribution is -1.99. The molecular weight excluding hydrogens is 424 g/mol. The van der Waals surface area contributed by atoms with E-state index in [4.69, 9.17) is 26.6 Å². The summed E-state index contributed by atoms with van der Waals surface area (Å²) < 4.78 is 2.98. The third-order valence-electron chi connectivity index (χ3n) is 4.32. The van der Waals surface area contributed by atoms with Crippen LogP contribution in [-0.2, 0) is 0 Å². The van der Waals surface area contributed by atoms with Crippen LogP contribution in [0.25, 0.3) is 39.4 Å². The minimum absolute atomic E-state index is 0.601. The fraction of sp³-hybridized carbons (Fsp3) is 0. The van der Waals surface area contributed by atoms with Gasteiger partial charge in [-0.15, -0.1) is 0 Å². The summed E-state index contributed by atoms with van der Waals surface area (Å²) in [5.41, 5.74) is 4.81. The number of halogens is 2. The van der Waals surface area contributed by atoms with Gasteiger partial charge in [0.05, 0.1) is 16.7 Å². The number of fused-ring (bicyclic) bond motifs is 2. The Morgan fingerprint density at radius 3 is 2.33 bits per heavy atom. The van der Waals surface area contributed by atoms with Crippen LogP contribution in [0.1, 0.15) is 0 Å². The van der Waals surface area contributed by atoms with Crippen LogP contribution in [0.3, 0.4) is 0 Å². The van der Waals surface area contributed by atoms with Crippen molar-refractivity contribution in [3.8, 4) is 17.1 Å². The number of para-hydroxylation sites is 2. The quantitative estimate of drug-likeness (QED) is 0.339. The topological polar surface area (TPSA) is 43.6 Å². The second kappa shape index (κ2) is 6.44. The molecule has 0 unspecified atom stereocenters. The molecule has 0 aliphatic carbocycles. The molecular formula is C21H12BrClN4. The van der Waals surface area contributed by atoms with Gasteiger partial charge < -0.3 is 0 Å². The van der Waals surface area contributed by atoms with Crippen molar-refractivity contribution in [3.63, 3.8) is 0 Å². The molecule has 0 fully saturated rings. The second-order valence-corrected chi connectivity index (χ2v) is 7.47. The van der Waals surface area contributed by atoms with E-state index in [9.17, 15) is 0 Å². The molecule has 130 valence electrons. The number of rotatable bonds is 2. The summed E-state index contributed by atoms with van der Waals surface area (Å²) in [5, 5.41) is 0.656. The molecule has 0 spiro atoms. The van der Waals surface area contributed by atoms with Gasteiger partial charge in [-0.3, -0.25) is 4.57 Å². The van der Waals surface area contributed by atoms with Crippen molar-refractivity contribution in [1.29, 1.82) is 0 Å². The van der Waals surface area contributed by atoms with Crippen LogP contribution >= 0.6 is 27.5 Å². The van der Waals surface area contributed by atoms with Crippen LogP contribution in [0.4, 0.5) is 0 Å². The van der Waals surface area contributed by atoms with Gasteiger partial charge in [-0.05, 0) is 42.5 Å². The molecule has 0 radical (unpaired) electrons. The lowest BCUT2D eigenvalue weighted by atomic mass is 10.2. The summed E-state index contributed by atoms with van der Waals surface area (Å²) >= 11 is 9.80. The van der Waals surface area contributed by atoms with E-state index in [0.717, 1.165) is 32.6 Å². The highest BCUT2D eigenvalue weighted by Crippen LogP contribution is 2.30. The molecule has 27 heavy (non-hydrogen) atoms. The zero-order valence-electron chi connectivity index (χ0n) is 14.0. The van der Waals surface area contributed by atoms with Gasteiger partial charge in [0.25, 0.3) is 0 Å². The molecule has 0 aliphatic heterocycles. The summed E-state index contributed by atoms with van der Waals surface area (Å²) in [5.74, 6) is 0.767. The average molecular weight is 436 g/mol. The maximum absolute atomic E-state index is 6.25. The smallest absolute Gasteiger partial charge is 0.199 e. The summed E-state index contributed by atoms with van der Waals surface area (Å²) in [6.45, 7) is 0. The van der Waals surface area contributed by atoms with Crippen LogP contribution < -0.4 is 0 Å². The Hall–Kier alpha value is -2.76. The van der Waals surface area contributed by atoms with Crippen LogP contribution in [-0.4, -0.2) is 19.5 Å². The highest BCUT2D eigenvalue weighted by atomic mass is 79.9. The Kier molecular flexibility index (Phi) is 3.92. The van der Waals surface area contributed by atoms with E-state index < -0.39 is 0 Å². The standard InChI is InChI=1S/C21H12BrClN4/c22-14-6-3-5-13(11-14)20-26-19-21(25-18-10-2-1-9-17(18)24-19)27(20)16-8-4-7-15(23)12-16/h1-12H. The highest BCUT2D eigenvalue weighted by molar-refractivity contribution is 9.10. The van der Waals surface area contributed by atoms with Crippen molar-refractivity contribution in [2.24, 2.45) is 0 Å². The minimum Gasteiger partial charge on any atom is -0.275 e. The van der Waals surface area contributed by atoms with Gasteiger partial charge in [0.1, 0.15) is 5.82 Å².